The second kappa shape index (κ2) is 4.71. The normalized spacial score (nSPS) is 11.8. The van der Waals surface area contributed by atoms with Crippen LogP contribution in [-0.2, 0) is 7.05 Å². The average molecular weight is 313 g/mol. The monoisotopic (exact) mass is 313 g/mol. The Morgan fingerprint density at radius 3 is 2.75 bits per heavy atom. The number of hydrogen-bond donors (Lipinski definition) is 0. The summed E-state index contributed by atoms with van der Waals surface area (Å²) in [7, 11) is 2.09. The van der Waals surface area contributed by atoms with Gasteiger partial charge in [0, 0.05) is 17.0 Å². The van der Waals surface area contributed by atoms with E-state index in [0.717, 1.165) is 22.4 Å². The molecule has 5 aromatic rings. The minimum Gasteiger partial charge on any atom is -0.455 e. The van der Waals surface area contributed by atoms with E-state index in [4.69, 9.17) is 4.42 Å². The van der Waals surface area contributed by atoms with Gasteiger partial charge in [0.2, 0.25) is 5.69 Å². The number of rotatable bonds is 1. The maximum atomic E-state index is 6.24. The lowest BCUT2D eigenvalue weighted by Gasteiger charge is -2.06. The van der Waals surface area contributed by atoms with E-state index in [0.29, 0.717) is 0 Å². The minimum atomic E-state index is 0.934. The zero-order chi connectivity index (χ0) is 16.3. The van der Waals surface area contributed by atoms with Gasteiger partial charge in [0.05, 0.1) is 11.8 Å². The molecule has 0 aliphatic carbocycles. The predicted octanol–water partition coefficient (Wildman–Crippen LogP) is 4.64. The summed E-state index contributed by atoms with van der Waals surface area (Å²) >= 11 is 0. The van der Waals surface area contributed by atoms with Crippen LogP contribution in [0.3, 0.4) is 0 Å². The van der Waals surface area contributed by atoms with Crippen molar-refractivity contribution in [3.8, 4) is 11.3 Å². The first-order chi connectivity index (χ1) is 11.7. The van der Waals surface area contributed by atoms with Crippen molar-refractivity contribution in [3.63, 3.8) is 0 Å². The van der Waals surface area contributed by atoms with Gasteiger partial charge in [0.25, 0.3) is 0 Å². The molecular formula is C21H17N2O+. The smallest absolute Gasteiger partial charge is 0.233 e. The van der Waals surface area contributed by atoms with E-state index in [1.165, 1.54) is 21.9 Å². The highest BCUT2D eigenvalue weighted by Gasteiger charge is 2.21. The van der Waals surface area contributed by atoms with Crippen LogP contribution in [0.5, 0.6) is 0 Å². The Balaban J connectivity index is 1.93. The number of nitrogens with zero attached hydrogens (tertiary/aromatic N) is 2. The second-order valence-electron chi connectivity index (χ2n) is 6.33. The van der Waals surface area contributed by atoms with Gasteiger partial charge >= 0.3 is 0 Å². The summed E-state index contributed by atoms with van der Waals surface area (Å²) in [5, 5.41) is 2.33. The molecule has 5 rings (SSSR count). The summed E-state index contributed by atoms with van der Waals surface area (Å²) in [4.78, 5) is 0. The van der Waals surface area contributed by atoms with Gasteiger partial charge in [-0.2, -0.15) is 4.57 Å². The van der Waals surface area contributed by atoms with Crippen molar-refractivity contribution < 1.29 is 8.98 Å². The fourth-order valence-corrected chi connectivity index (χ4v) is 3.57. The highest BCUT2D eigenvalue weighted by Crippen LogP contribution is 2.36. The van der Waals surface area contributed by atoms with Gasteiger partial charge in [-0.3, -0.25) is 0 Å². The molecule has 0 fully saturated rings. The lowest BCUT2D eigenvalue weighted by Crippen LogP contribution is -2.31. The Morgan fingerprint density at radius 2 is 1.83 bits per heavy atom. The van der Waals surface area contributed by atoms with E-state index < -0.39 is 0 Å². The van der Waals surface area contributed by atoms with Crippen molar-refractivity contribution >= 4 is 27.5 Å². The van der Waals surface area contributed by atoms with Gasteiger partial charge < -0.3 is 8.82 Å². The van der Waals surface area contributed by atoms with Crippen molar-refractivity contribution in [2.45, 2.75) is 6.92 Å². The molecule has 3 nitrogen and oxygen atoms in total. The van der Waals surface area contributed by atoms with Crippen molar-refractivity contribution in [1.82, 2.24) is 4.40 Å². The van der Waals surface area contributed by atoms with Gasteiger partial charge in [0.15, 0.2) is 6.20 Å². The number of hydrogen-bond acceptors (Lipinski definition) is 1. The van der Waals surface area contributed by atoms with Crippen LogP contribution < -0.4 is 4.57 Å². The molecule has 3 heterocycles. The fourth-order valence-electron chi connectivity index (χ4n) is 3.57. The number of fused-ring (bicyclic) bond motifs is 4. The highest BCUT2D eigenvalue weighted by molar-refractivity contribution is 6.09. The van der Waals surface area contributed by atoms with Crippen molar-refractivity contribution in [3.05, 3.63) is 72.7 Å². The molecule has 3 aromatic heterocycles. The van der Waals surface area contributed by atoms with E-state index in [2.05, 4.69) is 77.9 Å². The van der Waals surface area contributed by atoms with Crippen LogP contribution in [-0.4, -0.2) is 4.40 Å². The van der Waals surface area contributed by atoms with E-state index in [-0.39, 0.29) is 0 Å². The molecule has 0 saturated carbocycles. The number of benzene rings is 2. The Hall–Kier alpha value is -3.07. The lowest BCUT2D eigenvalue weighted by atomic mass is 10.0. The maximum Gasteiger partial charge on any atom is 0.233 e. The van der Waals surface area contributed by atoms with Gasteiger partial charge in [0.1, 0.15) is 23.7 Å². The van der Waals surface area contributed by atoms with Crippen LogP contribution in [0.2, 0.25) is 0 Å². The lowest BCUT2D eigenvalue weighted by molar-refractivity contribution is -0.659. The summed E-state index contributed by atoms with van der Waals surface area (Å²) in [6.45, 7) is 2.14. The molecule has 2 aromatic carbocycles. The molecule has 0 bridgehead atoms. The van der Waals surface area contributed by atoms with Crippen LogP contribution in [0.4, 0.5) is 0 Å². The first-order valence-electron chi connectivity index (χ1n) is 8.10. The quantitative estimate of drug-likeness (QED) is 0.413. The molecule has 0 unspecified atom stereocenters. The standard InChI is InChI=1S/C21H17N2O/c1-14-9-10-17-16-7-3-4-8-19(16)24-21(17)20(14)18-13-23-11-5-6-15(23)12-22(18)2/h3-13H,1-2H3/q+1. The minimum absolute atomic E-state index is 0.934. The molecule has 0 amide bonds. The molecule has 0 N–H and O–H groups in total. The number of furan rings is 1. The Morgan fingerprint density at radius 1 is 0.958 bits per heavy atom. The van der Waals surface area contributed by atoms with Crippen molar-refractivity contribution in [2.24, 2.45) is 7.05 Å². The van der Waals surface area contributed by atoms with Gasteiger partial charge in [-0.15, -0.1) is 0 Å². The summed E-state index contributed by atoms with van der Waals surface area (Å²) < 4.78 is 10.6. The molecular weight excluding hydrogens is 296 g/mol. The third-order valence-corrected chi connectivity index (χ3v) is 4.79. The average Bonchev–Trinajstić information content (AvgIpc) is 3.17. The molecule has 0 saturated heterocycles. The van der Waals surface area contributed by atoms with Crippen LogP contribution in [0, 0.1) is 6.92 Å². The highest BCUT2D eigenvalue weighted by atomic mass is 16.3. The molecule has 116 valence electrons. The Bertz CT molecular complexity index is 1230. The summed E-state index contributed by atoms with van der Waals surface area (Å²) in [5.74, 6) is 0. The molecule has 24 heavy (non-hydrogen) atoms. The summed E-state index contributed by atoms with van der Waals surface area (Å²) in [6, 6.07) is 16.7. The molecule has 0 radical (unpaired) electrons. The van der Waals surface area contributed by atoms with Crippen LogP contribution in [0.1, 0.15) is 5.56 Å². The second-order valence-corrected chi connectivity index (χ2v) is 6.33. The zero-order valence-corrected chi connectivity index (χ0v) is 13.7. The molecule has 3 heteroatoms. The number of para-hydroxylation sites is 1. The molecule has 0 aliphatic rings. The predicted molar refractivity (Wildman–Crippen MR) is 96.0 cm³/mol. The number of aromatic nitrogens is 2. The SMILES string of the molecule is Cc1ccc2c(oc3ccccc32)c1-c1cn2cccc2c[n+]1C. The number of aryl methyl sites for hydroxylation is 2. The van der Waals surface area contributed by atoms with E-state index in [1.807, 2.05) is 12.1 Å². The van der Waals surface area contributed by atoms with Crippen LogP contribution in [0.25, 0.3) is 38.7 Å². The zero-order valence-electron chi connectivity index (χ0n) is 13.7. The van der Waals surface area contributed by atoms with E-state index in [9.17, 15) is 0 Å². The third-order valence-electron chi connectivity index (χ3n) is 4.79. The Kier molecular flexibility index (Phi) is 2.63. The fraction of sp³-hybridized carbons (Fsp3) is 0.0952. The first-order valence-corrected chi connectivity index (χ1v) is 8.10. The largest absolute Gasteiger partial charge is 0.455 e. The van der Waals surface area contributed by atoms with Gasteiger partial charge in [-0.05, 0) is 30.7 Å². The molecule has 0 spiro atoms. The van der Waals surface area contributed by atoms with Crippen molar-refractivity contribution in [2.75, 3.05) is 0 Å². The molecule has 0 atom stereocenters. The molecule has 0 aliphatic heterocycles. The van der Waals surface area contributed by atoms with Gasteiger partial charge in [-0.1, -0.05) is 30.3 Å². The van der Waals surface area contributed by atoms with Crippen LogP contribution >= 0.6 is 0 Å². The van der Waals surface area contributed by atoms with E-state index >= 15 is 0 Å². The maximum absolute atomic E-state index is 6.24. The third kappa shape index (κ3) is 1.75. The van der Waals surface area contributed by atoms with Gasteiger partial charge in [-0.25, -0.2) is 0 Å². The topological polar surface area (TPSA) is 21.4 Å². The summed E-state index contributed by atoms with van der Waals surface area (Å²) in [5.41, 5.74) is 6.57. The van der Waals surface area contributed by atoms with Crippen molar-refractivity contribution in [1.29, 1.82) is 0 Å². The van der Waals surface area contributed by atoms with E-state index in [1.54, 1.807) is 0 Å². The Labute approximate surface area is 139 Å². The summed E-state index contributed by atoms with van der Waals surface area (Å²) in [6.07, 6.45) is 6.40. The first kappa shape index (κ1) is 13.4. The van der Waals surface area contributed by atoms with Crippen LogP contribution in [0.15, 0.2) is 71.5 Å².